The Hall–Kier alpha value is -0.650. The lowest BCUT2D eigenvalue weighted by atomic mass is 9.92. The van der Waals surface area contributed by atoms with Crippen molar-refractivity contribution in [2.24, 2.45) is 0 Å². The van der Waals surface area contributed by atoms with Crippen molar-refractivity contribution in [3.63, 3.8) is 0 Å². The second-order valence-electron chi connectivity index (χ2n) is 5.80. The van der Waals surface area contributed by atoms with Crippen molar-refractivity contribution in [1.82, 2.24) is 10.2 Å². The van der Waals surface area contributed by atoms with E-state index in [0.29, 0.717) is 13.0 Å². The molecule has 0 aromatic heterocycles. The maximum atomic E-state index is 12.1. The van der Waals surface area contributed by atoms with Crippen molar-refractivity contribution >= 4 is 5.97 Å². The first-order valence-electron chi connectivity index (χ1n) is 7.39. The summed E-state index contributed by atoms with van der Waals surface area (Å²) < 4.78 is 10.1. The number of ether oxygens (including phenoxy) is 2. The third-order valence-corrected chi connectivity index (χ3v) is 3.56. The molecule has 120 valence electrons. The maximum Gasteiger partial charge on any atom is 0.325 e. The van der Waals surface area contributed by atoms with Crippen LogP contribution in [0.15, 0.2) is 0 Å². The molecule has 0 saturated heterocycles. The van der Waals surface area contributed by atoms with Gasteiger partial charge >= 0.3 is 5.97 Å². The van der Waals surface area contributed by atoms with Gasteiger partial charge in [-0.25, -0.2) is 0 Å². The number of carbonyl (C=O) groups is 1. The highest BCUT2D eigenvalue weighted by Crippen LogP contribution is 2.19. The summed E-state index contributed by atoms with van der Waals surface area (Å²) in [6.07, 6.45) is 0.704. The van der Waals surface area contributed by atoms with E-state index >= 15 is 0 Å². The Balaban J connectivity index is 4.82. The van der Waals surface area contributed by atoms with E-state index in [1.807, 2.05) is 20.8 Å². The van der Waals surface area contributed by atoms with Crippen molar-refractivity contribution in [2.75, 3.05) is 33.9 Å². The summed E-state index contributed by atoms with van der Waals surface area (Å²) in [6, 6.07) is 0.492. The molecule has 0 rings (SSSR count). The highest BCUT2D eigenvalue weighted by molar-refractivity contribution is 5.80. The van der Waals surface area contributed by atoms with Gasteiger partial charge in [-0.1, -0.05) is 6.92 Å². The summed E-state index contributed by atoms with van der Waals surface area (Å²) in [4.78, 5) is 14.4. The molecule has 0 bridgehead atoms. The summed E-state index contributed by atoms with van der Waals surface area (Å²) in [5.74, 6) is -0.208. The molecule has 0 radical (unpaired) electrons. The van der Waals surface area contributed by atoms with E-state index in [0.717, 1.165) is 13.1 Å². The molecule has 0 aromatic carbocycles. The Labute approximate surface area is 124 Å². The molecule has 0 heterocycles. The van der Waals surface area contributed by atoms with E-state index < -0.39 is 5.54 Å². The molecule has 0 fully saturated rings. The van der Waals surface area contributed by atoms with Crippen LogP contribution in [-0.4, -0.2) is 62.4 Å². The predicted molar refractivity (Wildman–Crippen MR) is 81.9 cm³/mol. The Bertz CT molecular complexity index is 284. The van der Waals surface area contributed by atoms with Gasteiger partial charge in [-0.05, 0) is 40.7 Å². The van der Waals surface area contributed by atoms with Gasteiger partial charge in [-0.15, -0.1) is 0 Å². The van der Waals surface area contributed by atoms with Crippen molar-refractivity contribution < 1.29 is 14.3 Å². The second kappa shape index (κ2) is 9.32. The number of carbonyl (C=O) groups excluding carboxylic acids is 1. The number of rotatable bonds is 10. The quantitative estimate of drug-likeness (QED) is 0.620. The molecule has 1 N–H and O–H groups in total. The third kappa shape index (κ3) is 6.20. The Morgan fingerprint density at radius 1 is 1.30 bits per heavy atom. The number of hydrogen-bond acceptors (Lipinski definition) is 5. The van der Waals surface area contributed by atoms with Crippen LogP contribution in [0.2, 0.25) is 0 Å². The lowest BCUT2D eigenvalue weighted by Gasteiger charge is -2.36. The number of nitrogens with zero attached hydrogens (tertiary/aromatic N) is 1. The van der Waals surface area contributed by atoms with Gasteiger partial charge in [0.25, 0.3) is 0 Å². The monoisotopic (exact) mass is 288 g/mol. The molecule has 2 unspecified atom stereocenters. The Kier molecular flexibility index (Phi) is 9.01. The molecule has 5 nitrogen and oxygen atoms in total. The zero-order valence-corrected chi connectivity index (χ0v) is 14.2. The fourth-order valence-corrected chi connectivity index (χ4v) is 2.68. The SMILES string of the molecule is CCN(CCOC)C(C)CC(C)(NC(C)C)C(=O)OC. The standard InChI is InChI=1S/C15H32N2O3/c1-8-17(9-10-19-6)13(4)11-15(5,14(18)20-7)16-12(2)3/h12-13,16H,8-11H2,1-7H3. The fourth-order valence-electron chi connectivity index (χ4n) is 2.68. The van der Waals surface area contributed by atoms with Gasteiger partial charge in [0, 0.05) is 25.7 Å². The molecule has 0 spiro atoms. The predicted octanol–water partition coefficient (Wildman–Crippen LogP) is 1.66. The van der Waals surface area contributed by atoms with E-state index in [-0.39, 0.29) is 18.1 Å². The van der Waals surface area contributed by atoms with E-state index in [1.54, 1.807) is 7.11 Å². The number of hydrogen-bond donors (Lipinski definition) is 1. The summed E-state index contributed by atoms with van der Waals surface area (Å²) in [6.45, 7) is 12.8. The van der Waals surface area contributed by atoms with Crippen molar-refractivity contribution in [3.8, 4) is 0 Å². The average Bonchev–Trinajstić information content (AvgIpc) is 2.37. The molecular weight excluding hydrogens is 256 g/mol. The van der Waals surface area contributed by atoms with Crippen LogP contribution < -0.4 is 5.32 Å². The number of nitrogens with one attached hydrogen (secondary N) is 1. The first-order valence-corrected chi connectivity index (χ1v) is 7.39. The van der Waals surface area contributed by atoms with Gasteiger partial charge in [0.05, 0.1) is 13.7 Å². The molecule has 2 atom stereocenters. The normalized spacial score (nSPS) is 16.2. The lowest BCUT2D eigenvalue weighted by Crippen LogP contribution is -2.56. The van der Waals surface area contributed by atoms with Gasteiger partial charge in [-0.2, -0.15) is 0 Å². The third-order valence-electron chi connectivity index (χ3n) is 3.56. The molecule has 0 saturated carbocycles. The van der Waals surface area contributed by atoms with Crippen LogP contribution in [-0.2, 0) is 14.3 Å². The molecule has 0 aromatic rings. The van der Waals surface area contributed by atoms with Gasteiger partial charge < -0.3 is 9.47 Å². The number of esters is 1. The van der Waals surface area contributed by atoms with E-state index in [9.17, 15) is 4.79 Å². The van der Waals surface area contributed by atoms with Gasteiger partial charge in [0.2, 0.25) is 0 Å². The van der Waals surface area contributed by atoms with Gasteiger partial charge in [-0.3, -0.25) is 15.0 Å². The summed E-state index contributed by atoms with van der Waals surface area (Å²) >= 11 is 0. The highest BCUT2D eigenvalue weighted by atomic mass is 16.5. The molecule has 20 heavy (non-hydrogen) atoms. The minimum atomic E-state index is -0.664. The maximum absolute atomic E-state index is 12.1. The van der Waals surface area contributed by atoms with Crippen LogP contribution in [0.5, 0.6) is 0 Å². The first-order chi connectivity index (χ1) is 9.30. The average molecular weight is 288 g/mol. The lowest BCUT2D eigenvalue weighted by molar-refractivity contribution is -0.149. The first kappa shape index (κ1) is 19.4. The van der Waals surface area contributed by atoms with Crippen LogP contribution in [0.3, 0.4) is 0 Å². The van der Waals surface area contributed by atoms with E-state index in [4.69, 9.17) is 9.47 Å². The van der Waals surface area contributed by atoms with Crippen LogP contribution in [0.25, 0.3) is 0 Å². The fraction of sp³-hybridized carbons (Fsp3) is 0.933. The molecule has 0 aliphatic heterocycles. The zero-order valence-electron chi connectivity index (χ0n) is 14.2. The largest absolute Gasteiger partial charge is 0.468 e. The number of methoxy groups -OCH3 is 2. The van der Waals surface area contributed by atoms with Crippen LogP contribution in [0.4, 0.5) is 0 Å². The summed E-state index contributed by atoms with van der Waals surface area (Å²) in [5.41, 5.74) is -0.664. The van der Waals surface area contributed by atoms with Crippen molar-refractivity contribution in [2.45, 2.75) is 58.7 Å². The molecule has 0 amide bonds. The minimum absolute atomic E-state index is 0.208. The highest BCUT2D eigenvalue weighted by Gasteiger charge is 2.37. The minimum Gasteiger partial charge on any atom is -0.468 e. The Morgan fingerprint density at radius 2 is 1.90 bits per heavy atom. The van der Waals surface area contributed by atoms with Crippen LogP contribution >= 0.6 is 0 Å². The topological polar surface area (TPSA) is 50.8 Å². The Morgan fingerprint density at radius 3 is 2.30 bits per heavy atom. The number of likely N-dealkylation sites (N-methyl/N-ethyl adjacent to an activating group) is 1. The van der Waals surface area contributed by atoms with Gasteiger partial charge in [0.1, 0.15) is 5.54 Å². The van der Waals surface area contributed by atoms with E-state index in [2.05, 4.69) is 24.1 Å². The van der Waals surface area contributed by atoms with Crippen LogP contribution in [0.1, 0.15) is 41.0 Å². The van der Waals surface area contributed by atoms with E-state index in [1.165, 1.54) is 7.11 Å². The van der Waals surface area contributed by atoms with Crippen molar-refractivity contribution in [1.29, 1.82) is 0 Å². The summed E-state index contributed by atoms with van der Waals surface area (Å²) in [7, 11) is 3.15. The van der Waals surface area contributed by atoms with Crippen LogP contribution in [0, 0.1) is 0 Å². The molecular formula is C15H32N2O3. The second-order valence-corrected chi connectivity index (χ2v) is 5.80. The summed E-state index contributed by atoms with van der Waals surface area (Å²) in [5, 5.41) is 3.34. The van der Waals surface area contributed by atoms with Crippen molar-refractivity contribution in [3.05, 3.63) is 0 Å². The molecule has 0 aliphatic rings. The molecule has 5 heteroatoms. The zero-order chi connectivity index (χ0) is 15.8. The molecule has 0 aliphatic carbocycles. The smallest absolute Gasteiger partial charge is 0.325 e. The van der Waals surface area contributed by atoms with Gasteiger partial charge in [0.15, 0.2) is 0 Å².